The highest BCUT2D eigenvalue weighted by Gasteiger charge is 2.47. The molecule has 0 aliphatic carbocycles. The van der Waals surface area contributed by atoms with E-state index in [4.69, 9.17) is 9.47 Å². The average Bonchev–Trinajstić information content (AvgIpc) is 0.735. The van der Waals surface area contributed by atoms with Crippen LogP contribution >= 0.6 is 0 Å². The topological polar surface area (TPSA) is 56.5 Å². The number of hydrogen-bond acceptors (Lipinski definition) is 4. The van der Waals surface area contributed by atoms with Crippen LogP contribution < -0.4 is 26.4 Å². The molecule has 30 heteroatoms. The predicted octanol–water partition coefficient (Wildman–Crippen LogP) is 15.0. The SMILES string of the molecule is CCCCCCC(C[n+]1cccc2ccccc21)=C(C(=O)OC)C(=O)OC.FC(F)(F)c1cc([B-](c2cc(C(F)(F)F)cc(C(F)(F)F)c2)(c2cc(C(F)(F)F)cc(C(F)(F)F)c2)c2cc(C(F)(F)F)cc(C(F)(F)F)c2)cc(C(F)(F)F)c1. The van der Waals surface area contributed by atoms with E-state index >= 15 is 0 Å². The summed E-state index contributed by atoms with van der Waals surface area (Å²) in [5.41, 5.74) is -28.4. The third kappa shape index (κ3) is 15.9. The molecule has 0 unspecified atom stereocenters. The third-order valence-electron chi connectivity index (χ3n) is 13.1. The number of benzene rings is 5. The first-order valence-electron chi connectivity index (χ1n) is 24.0. The quantitative estimate of drug-likeness (QED) is 0.0169. The number of aromatic nitrogens is 1. The summed E-state index contributed by atoms with van der Waals surface area (Å²) in [6.45, 7) is 2.59. The van der Waals surface area contributed by atoms with Gasteiger partial charge in [0.15, 0.2) is 12.7 Å². The summed E-state index contributed by atoms with van der Waals surface area (Å²) in [4.78, 5) is 24.6. The van der Waals surface area contributed by atoms with Gasteiger partial charge in [0.2, 0.25) is 5.52 Å². The van der Waals surface area contributed by atoms with E-state index in [-0.39, 0.29) is 5.57 Å². The van der Waals surface area contributed by atoms with Crippen LogP contribution in [0.1, 0.15) is 83.5 Å². The van der Waals surface area contributed by atoms with Crippen molar-refractivity contribution in [3.8, 4) is 0 Å². The Labute approximate surface area is 459 Å². The van der Waals surface area contributed by atoms with E-state index in [1.54, 1.807) is 0 Å². The predicted molar refractivity (Wildman–Crippen MR) is 254 cm³/mol. The number of nitrogens with zero attached hydrogens (tertiary/aromatic N) is 1. The van der Waals surface area contributed by atoms with E-state index in [0.717, 1.165) is 42.2 Å². The van der Waals surface area contributed by atoms with Gasteiger partial charge >= 0.3 is 61.3 Å². The highest BCUT2D eigenvalue weighted by atomic mass is 19.4. The number of allylic oxidation sites excluding steroid dienone is 1. The highest BCUT2D eigenvalue weighted by molar-refractivity contribution is 7.20. The first-order valence-corrected chi connectivity index (χ1v) is 24.0. The van der Waals surface area contributed by atoms with Crippen LogP contribution in [-0.4, -0.2) is 32.3 Å². The van der Waals surface area contributed by atoms with E-state index in [9.17, 15) is 115 Å². The first kappa shape index (κ1) is 67.4. The molecule has 0 N–H and O–H groups in total. The van der Waals surface area contributed by atoms with Gasteiger partial charge < -0.3 is 9.47 Å². The minimum Gasteiger partial charge on any atom is -0.465 e. The fourth-order valence-corrected chi connectivity index (χ4v) is 9.26. The molecule has 0 fully saturated rings. The lowest BCUT2D eigenvalue weighted by molar-refractivity contribution is -0.663. The normalized spacial score (nSPS) is 13.1. The van der Waals surface area contributed by atoms with E-state index in [1.807, 2.05) is 42.6 Å². The van der Waals surface area contributed by atoms with Gasteiger partial charge in [-0.05, 0) is 49.2 Å². The summed E-state index contributed by atoms with van der Waals surface area (Å²) in [5.74, 6) is -1.29. The van der Waals surface area contributed by atoms with Gasteiger partial charge in [-0.15, -0.1) is 0 Å². The molecule has 6 rings (SSSR count). The van der Waals surface area contributed by atoms with Crippen molar-refractivity contribution in [2.75, 3.05) is 14.2 Å². The van der Waals surface area contributed by atoms with Gasteiger partial charge in [0.05, 0.1) is 58.7 Å². The molecule has 5 aromatic carbocycles. The first-order chi connectivity index (χ1) is 38.4. The Morgan fingerprint density at radius 3 is 0.964 bits per heavy atom. The second kappa shape index (κ2) is 24.7. The number of carbonyl (C=O) groups excluding carboxylic acids is 2. The summed E-state index contributed by atoms with van der Waals surface area (Å²) in [7, 11) is 2.57. The number of unbranched alkanes of at least 4 members (excludes halogenated alkanes) is 3. The summed E-state index contributed by atoms with van der Waals surface area (Å²) >= 11 is 0. The largest absolute Gasteiger partial charge is 0.465 e. The number of halogens is 24. The fourth-order valence-electron chi connectivity index (χ4n) is 9.26. The number of alkyl halides is 24. The average molecular weight is 1230 g/mol. The van der Waals surface area contributed by atoms with Gasteiger partial charge in [0, 0.05) is 23.1 Å². The second-order valence-corrected chi connectivity index (χ2v) is 18.7. The van der Waals surface area contributed by atoms with E-state index in [0.29, 0.717) is 13.0 Å². The standard InChI is InChI=1S/C32H12BF24.C22H28NO4/c34-25(35,36)13-1-14(26(37,38)39)6-21(5-13)33(22-7-15(27(40,41)42)2-16(8-22)28(43,44)45,23-9-17(29(46,47)48)3-18(10-23)30(49,50)51)24-11-19(31(52,53)54)4-20(12-24)32(55,56)57;1-4-5-6-7-12-18(20(21(24)26-2)22(25)27-3)16-23-15-10-13-17-11-8-9-14-19(17)23/h1-12H;8-11,13-15H,4-7,12,16H2,1-3H3/q-1;+1. The number of para-hydroxylation sites is 1. The maximum atomic E-state index is 14.2. The molecule has 456 valence electrons. The van der Waals surface area contributed by atoms with Crippen LogP contribution in [0.2, 0.25) is 0 Å². The fraction of sp³-hybridized carbons (Fsp3) is 0.315. The molecule has 0 radical (unpaired) electrons. The molecule has 1 heterocycles. The van der Waals surface area contributed by atoms with Crippen molar-refractivity contribution in [2.24, 2.45) is 0 Å². The molecule has 0 atom stereocenters. The Hall–Kier alpha value is -7.43. The Bertz CT molecular complexity index is 2920. The van der Waals surface area contributed by atoms with Gasteiger partial charge in [-0.2, -0.15) is 132 Å². The molecule has 6 aromatic rings. The number of carbonyl (C=O) groups is 2. The van der Waals surface area contributed by atoms with Crippen molar-refractivity contribution in [3.63, 3.8) is 0 Å². The van der Waals surface area contributed by atoms with Gasteiger partial charge in [-0.3, -0.25) is 0 Å². The minimum atomic E-state index is -6.13. The van der Waals surface area contributed by atoms with Crippen LogP contribution in [0.5, 0.6) is 0 Å². The molecule has 0 saturated carbocycles. The van der Waals surface area contributed by atoms with E-state index in [1.165, 1.54) is 14.2 Å². The Balaban J connectivity index is 0.000000398. The zero-order valence-electron chi connectivity index (χ0n) is 42.9. The third-order valence-corrected chi connectivity index (χ3v) is 13.1. The van der Waals surface area contributed by atoms with Crippen LogP contribution in [0.25, 0.3) is 10.9 Å². The molecule has 5 nitrogen and oxygen atoms in total. The number of rotatable bonds is 13. The highest BCUT2D eigenvalue weighted by Crippen LogP contribution is 2.41. The molecule has 0 saturated heterocycles. The van der Waals surface area contributed by atoms with E-state index < -0.39 is 207 Å². The molecule has 0 aliphatic rings. The Morgan fingerprint density at radius 2 is 0.690 bits per heavy atom. The van der Waals surface area contributed by atoms with Gasteiger partial charge in [-0.1, -0.05) is 86.8 Å². The number of methoxy groups -OCH3 is 2. The van der Waals surface area contributed by atoms with Crippen molar-refractivity contribution < 1.29 is 129 Å². The monoisotopic (exact) mass is 1230 g/mol. The Kier molecular flexibility index (Phi) is 19.8. The summed E-state index contributed by atoms with van der Waals surface area (Å²) in [6, 6.07) is 3.23. The lowest BCUT2D eigenvalue weighted by atomic mass is 9.12. The Morgan fingerprint density at radius 1 is 0.405 bits per heavy atom. The van der Waals surface area contributed by atoms with Gasteiger partial charge in [0.25, 0.3) is 0 Å². The summed E-state index contributed by atoms with van der Waals surface area (Å²) in [5, 5.41) is 1.10. The van der Waals surface area contributed by atoms with Crippen molar-refractivity contribution in [3.05, 3.63) is 171 Å². The van der Waals surface area contributed by atoms with Crippen LogP contribution in [0, 0.1) is 0 Å². The molecule has 1 aromatic heterocycles. The number of esters is 2. The van der Waals surface area contributed by atoms with Crippen LogP contribution in [-0.2, 0) is 75.0 Å². The van der Waals surface area contributed by atoms with E-state index in [2.05, 4.69) is 11.5 Å². The van der Waals surface area contributed by atoms with Crippen molar-refractivity contribution in [1.82, 2.24) is 0 Å². The molecule has 84 heavy (non-hydrogen) atoms. The molecule has 0 spiro atoms. The maximum Gasteiger partial charge on any atom is 0.416 e. The minimum absolute atomic E-state index is 0.0110. The molecular weight excluding hydrogens is 1190 g/mol. The summed E-state index contributed by atoms with van der Waals surface area (Å²) in [6.07, 6.45) is -48.0. The number of fused-ring (bicyclic) bond motifs is 1. The van der Waals surface area contributed by atoms with Gasteiger partial charge in [0.1, 0.15) is 11.7 Å². The lowest BCUT2D eigenvalue weighted by Gasteiger charge is -2.46. The number of hydrogen-bond donors (Lipinski definition) is 0. The number of ether oxygens (including phenoxy) is 2. The van der Waals surface area contributed by atoms with Crippen molar-refractivity contribution in [1.29, 1.82) is 0 Å². The molecule has 0 aliphatic heterocycles. The van der Waals surface area contributed by atoms with Crippen molar-refractivity contribution >= 4 is 50.8 Å². The molecular formula is C54H40BF24NO4. The zero-order valence-corrected chi connectivity index (χ0v) is 42.9. The van der Waals surface area contributed by atoms with Crippen LogP contribution in [0.3, 0.4) is 0 Å². The second-order valence-electron chi connectivity index (χ2n) is 18.7. The lowest BCUT2D eigenvalue weighted by Crippen LogP contribution is -2.75. The van der Waals surface area contributed by atoms with Crippen LogP contribution in [0.15, 0.2) is 127 Å². The van der Waals surface area contributed by atoms with Crippen molar-refractivity contribution in [2.45, 2.75) is 95.0 Å². The summed E-state index contributed by atoms with van der Waals surface area (Å²) < 4.78 is 353. The smallest absolute Gasteiger partial charge is 0.416 e. The zero-order chi connectivity index (χ0) is 63.6. The molecule has 0 bridgehead atoms. The number of pyridine rings is 1. The molecule has 0 amide bonds. The maximum absolute atomic E-state index is 14.2. The van der Waals surface area contributed by atoms with Gasteiger partial charge in [-0.25, -0.2) is 9.59 Å². The van der Waals surface area contributed by atoms with Crippen LogP contribution in [0.4, 0.5) is 105 Å².